The largest absolute Gasteiger partial charge is 0.382 e. The number of imidazole rings is 1. The van der Waals surface area contributed by atoms with Crippen molar-refractivity contribution in [1.29, 1.82) is 0 Å². The zero-order valence-electron chi connectivity index (χ0n) is 10.6. The van der Waals surface area contributed by atoms with Crippen LogP contribution in [0.4, 0.5) is 5.82 Å². The van der Waals surface area contributed by atoms with Crippen LogP contribution >= 0.6 is 15.9 Å². The van der Waals surface area contributed by atoms with E-state index in [4.69, 9.17) is 16.6 Å². The van der Waals surface area contributed by atoms with Gasteiger partial charge >= 0.3 is 0 Å². The van der Waals surface area contributed by atoms with E-state index in [1.165, 1.54) is 12.8 Å². The molecule has 1 aromatic heterocycles. The van der Waals surface area contributed by atoms with Gasteiger partial charge in [0.1, 0.15) is 11.5 Å². The zero-order chi connectivity index (χ0) is 13.4. The monoisotopic (exact) mass is 320 g/mol. The molecular weight excluding hydrogens is 304 g/mol. The fourth-order valence-corrected chi connectivity index (χ4v) is 3.18. The Bertz CT molecular complexity index is 599. The first kappa shape index (κ1) is 12.5. The van der Waals surface area contributed by atoms with E-state index in [-0.39, 0.29) is 0 Å². The second-order valence-electron chi connectivity index (χ2n) is 5.07. The maximum absolute atomic E-state index is 6.11. The number of rotatable bonds is 2. The van der Waals surface area contributed by atoms with Gasteiger partial charge in [0.25, 0.3) is 0 Å². The summed E-state index contributed by atoms with van der Waals surface area (Å²) in [6.07, 6.45) is 4.82. The maximum Gasteiger partial charge on any atom is 0.150 e. The Kier molecular flexibility index (Phi) is 3.22. The molecule has 1 heterocycles. The molecule has 0 radical (unpaired) electrons. The van der Waals surface area contributed by atoms with Crippen molar-refractivity contribution in [2.75, 3.05) is 11.6 Å². The van der Waals surface area contributed by atoms with Crippen LogP contribution in [0.25, 0.3) is 11.3 Å². The lowest BCUT2D eigenvalue weighted by Crippen LogP contribution is -2.17. The number of hydrogen-bond donors (Lipinski definition) is 2. The number of hydrogen-bond acceptors (Lipinski definition) is 3. The van der Waals surface area contributed by atoms with Crippen LogP contribution in [0.2, 0.25) is 0 Å². The molecular formula is C14H17BrN4. The first-order chi connectivity index (χ1) is 9.16. The number of anilines is 1. The highest BCUT2D eigenvalue weighted by atomic mass is 79.9. The minimum absolute atomic E-state index is 0.452. The van der Waals surface area contributed by atoms with Gasteiger partial charge in [0, 0.05) is 16.0 Å². The summed E-state index contributed by atoms with van der Waals surface area (Å²) < 4.78 is 2.57. The van der Waals surface area contributed by atoms with Gasteiger partial charge in [-0.3, -0.25) is 0 Å². The molecule has 100 valence electrons. The van der Waals surface area contributed by atoms with Gasteiger partial charge in [-0.15, -0.1) is 0 Å². The van der Waals surface area contributed by atoms with Gasteiger partial charge < -0.3 is 11.6 Å². The fourth-order valence-electron chi connectivity index (χ4n) is 2.78. The molecule has 0 atom stereocenters. The van der Waals surface area contributed by atoms with E-state index in [9.17, 15) is 0 Å². The first-order valence-corrected chi connectivity index (χ1v) is 7.35. The van der Waals surface area contributed by atoms with Crippen LogP contribution < -0.4 is 11.6 Å². The molecule has 0 saturated heterocycles. The second-order valence-corrected chi connectivity index (χ2v) is 5.98. The predicted octanol–water partition coefficient (Wildman–Crippen LogP) is 3.27. The number of halogens is 1. The molecule has 0 aliphatic heterocycles. The minimum atomic E-state index is 0.452. The van der Waals surface area contributed by atoms with Gasteiger partial charge in [-0.05, 0) is 25.0 Å². The lowest BCUT2D eigenvalue weighted by Gasteiger charge is -2.08. The van der Waals surface area contributed by atoms with Gasteiger partial charge in [0.05, 0.1) is 0 Å². The van der Waals surface area contributed by atoms with Crippen LogP contribution in [-0.4, -0.2) is 9.66 Å². The van der Waals surface area contributed by atoms with Crippen LogP contribution in [-0.2, 0) is 0 Å². The molecule has 2 aromatic rings. The molecule has 4 N–H and O–H groups in total. The standard InChI is InChI=1S/C14H17BrN4/c15-11-7-3-6-10(8-11)12-13(16)19(17)14(18-12)9-4-1-2-5-9/h3,6-9H,1-2,4-5,16-17H2. The molecule has 0 amide bonds. The van der Waals surface area contributed by atoms with Crippen LogP contribution in [0.15, 0.2) is 28.7 Å². The third-order valence-electron chi connectivity index (χ3n) is 3.79. The summed E-state index contributed by atoms with van der Waals surface area (Å²) in [5.74, 6) is 7.99. The molecule has 1 fully saturated rings. The summed E-state index contributed by atoms with van der Waals surface area (Å²) in [6, 6.07) is 7.97. The Hall–Kier alpha value is -1.49. The molecule has 0 unspecified atom stereocenters. The van der Waals surface area contributed by atoms with E-state index in [0.29, 0.717) is 11.7 Å². The van der Waals surface area contributed by atoms with Crippen molar-refractivity contribution in [1.82, 2.24) is 9.66 Å². The molecule has 0 spiro atoms. The summed E-state index contributed by atoms with van der Waals surface area (Å²) in [6.45, 7) is 0. The van der Waals surface area contributed by atoms with Crippen LogP contribution in [0.3, 0.4) is 0 Å². The lowest BCUT2D eigenvalue weighted by molar-refractivity contribution is 0.648. The molecule has 4 nitrogen and oxygen atoms in total. The smallest absolute Gasteiger partial charge is 0.150 e. The molecule has 1 aliphatic rings. The Morgan fingerprint density at radius 3 is 2.68 bits per heavy atom. The normalized spacial score (nSPS) is 16.1. The van der Waals surface area contributed by atoms with E-state index in [0.717, 1.165) is 34.4 Å². The average molecular weight is 321 g/mol. The summed E-state index contributed by atoms with van der Waals surface area (Å²) in [5, 5.41) is 0. The molecule has 5 heteroatoms. The fraction of sp³-hybridized carbons (Fsp3) is 0.357. The minimum Gasteiger partial charge on any atom is -0.382 e. The van der Waals surface area contributed by atoms with Gasteiger partial charge in [0.15, 0.2) is 5.82 Å². The van der Waals surface area contributed by atoms with E-state index in [1.807, 2.05) is 24.3 Å². The van der Waals surface area contributed by atoms with Crippen molar-refractivity contribution >= 4 is 21.7 Å². The number of aromatic nitrogens is 2. The van der Waals surface area contributed by atoms with Crippen molar-refractivity contribution in [3.8, 4) is 11.3 Å². The SMILES string of the molecule is Nc1c(-c2cccc(Br)c2)nc(C2CCCC2)n1N. The third kappa shape index (κ3) is 2.23. The molecule has 0 bridgehead atoms. The van der Waals surface area contributed by atoms with Crippen molar-refractivity contribution in [3.63, 3.8) is 0 Å². The Morgan fingerprint density at radius 2 is 2.00 bits per heavy atom. The Balaban J connectivity index is 2.05. The van der Waals surface area contributed by atoms with Crippen LogP contribution in [0, 0.1) is 0 Å². The second kappa shape index (κ2) is 4.89. The summed E-state index contributed by atoms with van der Waals surface area (Å²) in [4.78, 5) is 4.69. The predicted molar refractivity (Wildman–Crippen MR) is 81.1 cm³/mol. The van der Waals surface area contributed by atoms with Crippen LogP contribution in [0.1, 0.15) is 37.4 Å². The number of benzene rings is 1. The highest BCUT2D eigenvalue weighted by Crippen LogP contribution is 2.36. The molecule has 1 aromatic carbocycles. The highest BCUT2D eigenvalue weighted by molar-refractivity contribution is 9.10. The van der Waals surface area contributed by atoms with E-state index >= 15 is 0 Å². The van der Waals surface area contributed by atoms with E-state index < -0.39 is 0 Å². The summed E-state index contributed by atoms with van der Waals surface area (Å²) in [7, 11) is 0. The van der Waals surface area contributed by atoms with Gasteiger partial charge in [-0.1, -0.05) is 40.9 Å². The van der Waals surface area contributed by atoms with Gasteiger partial charge in [-0.25, -0.2) is 9.66 Å². The van der Waals surface area contributed by atoms with Gasteiger partial charge in [0.2, 0.25) is 0 Å². The topological polar surface area (TPSA) is 69.9 Å². The van der Waals surface area contributed by atoms with Crippen molar-refractivity contribution in [2.24, 2.45) is 0 Å². The molecule has 19 heavy (non-hydrogen) atoms. The quantitative estimate of drug-likeness (QED) is 0.834. The third-order valence-corrected chi connectivity index (χ3v) is 4.29. The van der Waals surface area contributed by atoms with Crippen LogP contribution in [0.5, 0.6) is 0 Å². The van der Waals surface area contributed by atoms with Crippen molar-refractivity contribution in [2.45, 2.75) is 31.6 Å². The average Bonchev–Trinajstić information content (AvgIpc) is 3.00. The number of nitrogens with zero attached hydrogens (tertiary/aromatic N) is 2. The number of nitrogens with two attached hydrogens (primary N) is 2. The molecule has 3 rings (SSSR count). The lowest BCUT2D eigenvalue weighted by atomic mass is 10.1. The number of nitrogen functional groups attached to an aromatic ring is 2. The first-order valence-electron chi connectivity index (χ1n) is 6.56. The summed E-state index contributed by atoms with van der Waals surface area (Å²) in [5.41, 5.74) is 7.89. The van der Waals surface area contributed by atoms with E-state index in [2.05, 4.69) is 15.9 Å². The highest BCUT2D eigenvalue weighted by Gasteiger charge is 2.24. The van der Waals surface area contributed by atoms with Crippen molar-refractivity contribution in [3.05, 3.63) is 34.6 Å². The zero-order valence-corrected chi connectivity index (χ0v) is 12.2. The summed E-state index contributed by atoms with van der Waals surface area (Å²) >= 11 is 3.47. The maximum atomic E-state index is 6.11. The van der Waals surface area contributed by atoms with Gasteiger partial charge in [-0.2, -0.15) is 0 Å². The molecule has 1 aliphatic carbocycles. The molecule has 1 saturated carbocycles. The Morgan fingerprint density at radius 1 is 1.26 bits per heavy atom. The van der Waals surface area contributed by atoms with Crippen molar-refractivity contribution < 1.29 is 0 Å². The Labute approximate surface area is 120 Å². The van der Waals surface area contributed by atoms with E-state index in [1.54, 1.807) is 4.68 Å².